The molecule has 0 saturated carbocycles. The SMILES string of the molecule is CC1C(=O)N2C(CC(=O)O)COC2CN1C(=O)OCc1ccccc1. The highest BCUT2D eigenvalue weighted by molar-refractivity contribution is 5.87. The molecule has 2 fully saturated rings. The van der Waals surface area contributed by atoms with E-state index in [1.807, 2.05) is 30.3 Å². The van der Waals surface area contributed by atoms with Gasteiger partial charge in [-0.05, 0) is 12.5 Å². The number of hydrogen-bond acceptors (Lipinski definition) is 5. The number of hydrogen-bond donors (Lipinski definition) is 1. The Labute approximate surface area is 144 Å². The van der Waals surface area contributed by atoms with Gasteiger partial charge in [-0.15, -0.1) is 0 Å². The third kappa shape index (κ3) is 3.58. The number of aliphatic carboxylic acids is 1. The fourth-order valence-electron chi connectivity index (χ4n) is 3.15. The monoisotopic (exact) mass is 348 g/mol. The Morgan fingerprint density at radius 1 is 1.32 bits per heavy atom. The average Bonchev–Trinajstić information content (AvgIpc) is 2.99. The van der Waals surface area contributed by atoms with Crippen molar-refractivity contribution in [3.63, 3.8) is 0 Å². The Hall–Kier alpha value is -2.61. The standard InChI is InChI=1S/C17H20N2O6/c1-11-16(22)19-13(7-15(20)21)10-24-14(19)8-18(11)17(23)25-9-12-5-3-2-4-6-12/h2-6,11,13-14H,7-10H2,1H3,(H,20,21). The molecule has 134 valence electrons. The van der Waals surface area contributed by atoms with E-state index in [0.717, 1.165) is 5.56 Å². The van der Waals surface area contributed by atoms with Crippen molar-refractivity contribution in [3.8, 4) is 0 Å². The summed E-state index contributed by atoms with van der Waals surface area (Å²) in [5, 5.41) is 8.96. The van der Waals surface area contributed by atoms with E-state index in [-0.39, 0.29) is 32.1 Å². The van der Waals surface area contributed by atoms with Crippen molar-refractivity contribution < 1.29 is 29.0 Å². The molecule has 1 aromatic rings. The molecule has 0 bridgehead atoms. The summed E-state index contributed by atoms with van der Waals surface area (Å²) in [5.41, 5.74) is 0.854. The molecule has 3 rings (SSSR count). The lowest BCUT2D eigenvalue weighted by Crippen LogP contribution is -2.62. The minimum atomic E-state index is -0.987. The van der Waals surface area contributed by atoms with E-state index in [9.17, 15) is 14.4 Å². The minimum Gasteiger partial charge on any atom is -0.481 e. The van der Waals surface area contributed by atoms with Gasteiger partial charge in [-0.2, -0.15) is 0 Å². The maximum atomic E-state index is 12.6. The molecule has 2 amide bonds. The Bertz CT molecular complexity index is 664. The van der Waals surface area contributed by atoms with Crippen molar-refractivity contribution in [2.45, 2.75) is 38.3 Å². The highest BCUT2D eigenvalue weighted by atomic mass is 16.6. The number of fused-ring (bicyclic) bond motifs is 1. The molecule has 0 aromatic heterocycles. The molecule has 25 heavy (non-hydrogen) atoms. The second-order valence-corrected chi connectivity index (χ2v) is 6.15. The zero-order valence-electron chi connectivity index (χ0n) is 13.8. The number of carboxylic acid groups (broad SMARTS) is 1. The van der Waals surface area contributed by atoms with Gasteiger partial charge in [0, 0.05) is 0 Å². The summed E-state index contributed by atoms with van der Waals surface area (Å²) in [6.45, 7) is 2.05. The summed E-state index contributed by atoms with van der Waals surface area (Å²) in [5.74, 6) is -1.31. The second-order valence-electron chi connectivity index (χ2n) is 6.15. The largest absolute Gasteiger partial charge is 0.481 e. The molecule has 0 aliphatic carbocycles. The lowest BCUT2D eigenvalue weighted by molar-refractivity contribution is -0.152. The Morgan fingerprint density at radius 2 is 2.04 bits per heavy atom. The van der Waals surface area contributed by atoms with Gasteiger partial charge in [0.2, 0.25) is 5.91 Å². The fourth-order valence-corrected chi connectivity index (χ4v) is 3.15. The first-order valence-corrected chi connectivity index (χ1v) is 8.10. The second kappa shape index (κ2) is 7.10. The van der Waals surface area contributed by atoms with E-state index in [1.54, 1.807) is 6.92 Å². The van der Waals surface area contributed by atoms with Gasteiger partial charge in [-0.3, -0.25) is 14.5 Å². The van der Waals surface area contributed by atoms with Crippen LogP contribution in [-0.4, -0.2) is 64.3 Å². The summed E-state index contributed by atoms with van der Waals surface area (Å²) < 4.78 is 10.8. The van der Waals surface area contributed by atoms with E-state index in [4.69, 9.17) is 14.6 Å². The molecule has 2 heterocycles. The van der Waals surface area contributed by atoms with Crippen molar-refractivity contribution >= 4 is 18.0 Å². The zero-order valence-corrected chi connectivity index (χ0v) is 13.8. The van der Waals surface area contributed by atoms with Crippen LogP contribution in [0.2, 0.25) is 0 Å². The first-order chi connectivity index (χ1) is 12.0. The number of piperazine rings is 1. The molecular weight excluding hydrogens is 328 g/mol. The molecule has 2 aliphatic rings. The van der Waals surface area contributed by atoms with E-state index >= 15 is 0 Å². The number of amides is 2. The van der Waals surface area contributed by atoms with Crippen LogP contribution in [0.15, 0.2) is 30.3 Å². The Balaban J connectivity index is 1.64. The predicted octanol–water partition coefficient (Wildman–Crippen LogP) is 1.06. The van der Waals surface area contributed by atoms with Gasteiger partial charge in [0.05, 0.1) is 25.6 Å². The van der Waals surface area contributed by atoms with Crippen LogP contribution in [0.25, 0.3) is 0 Å². The molecule has 8 nitrogen and oxygen atoms in total. The van der Waals surface area contributed by atoms with E-state index in [2.05, 4.69) is 0 Å². The van der Waals surface area contributed by atoms with Crippen LogP contribution in [0.1, 0.15) is 18.9 Å². The smallest absolute Gasteiger partial charge is 0.410 e. The molecule has 1 N–H and O–H groups in total. The maximum Gasteiger partial charge on any atom is 0.410 e. The summed E-state index contributed by atoms with van der Waals surface area (Å²) in [7, 11) is 0. The third-order valence-electron chi connectivity index (χ3n) is 4.47. The van der Waals surface area contributed by atoms with Crippen LogP contribution in [-0.2, 0) is 25.7 Å². The normalized spacial score (nSPS) is 25.6. The van der Waals surface area contributed by atoms with Crippen LogP contribution in [0.4, 0.5) is 4.79 Å². The van der Waals surface area contributed by atoms with Gasteiger partial charge < -0.3 is 19.5 Å². The van der Waals surface area contributed by atoms with Crippen molar-refractivity contribution in [2.24, 2.45) is 0 Å². The molecule has 1 aromatic carbocycles. The number of ether oxygens (including phenoxy) is 2. The summed E-state index contributed by atoms with van der Waals surface area (Å²) in [6, 6.07) is 8.03. The number of carbonyl (C=O) groups is 3. The van der Waals surface area contributed by atoms with Gasteiger partial charge in [0.1, 0.15) is 12.6 Å². The summed E-state index contributed by atoms with van der Waals surface area (Å²) in [4.78, 5) is 38.7. The Kier molecular flexibility index (Phi) is 4.89. The van der Waals surface area contributed by atoms with Gasteiger partial charge in [0.15, 0.2) is 6.23 Å². The van der Waals surface area contributed by atoms with Crippen LogP contribution in [0.3, 0.4) is 0 Å². The molecule has 3 unspecified atom stereocenters. The third-order valence-corrected chi connectivity index (χ3v) is 4.47. The van der Waals surface area contributed by atoms with Crippen molar-refractivity contribution in [1.29, 1.82) is 0 Å². The number of rotatable bonds is 4. The van der Waals surface area contributed by atoms with Crippen molar-refractivity contribution in [1.82, 2.24) is 9.80 Å². The number of benzene rings is 1. The topological polar surface area (TPSA) is 96.4 Å². The van der Waals surface area contributed by atoms with Gasteiger partial charge in [0.25, 0.3) is 0 Å². The van der Waals surface area contributed by atoms with Crippen molar-refractivity contribution in [2.75, 3.05) is 13.2 Å². The van der Waals surface area contributed by atoms with Gasteiger partial charge in [-0.25, -0.2) is 4.79 Å². The van der Waals surface area contributed by atoms with Crippen molar-refractivity contribution in [3.05, 3.63) is 35.9 Å². The van der Waals surface area contributed by atoms with Crippen LogP contribution >= 0.6 is 0 Å². The molecular formula is C17H20N2O6. The van der Waals surface area contributed by atoms with Crippen LogP contribution < -0.4 is 0 Å². The molecule has 3 atom stereocenters. The fraction of sp³-hybridized carbons (Fsp3) is 0.471. The zero-order chi connectivity index (χ0) is 18.0. The Morgan fingerprint density at radius 3 is 2.72 bits per heavy atom. The van der Waals surface area contributed by atoms with Gasteiger partial charge >= 0.3 is 12.1 Å². The highest BCUT2D eigenvalue weighted by Gasteiger charge is 2.48. The number of carbonyl (C=O) groups excluding carboxylic acids is 2. The summed E-state index contributed by atoms with van der Waals surface area (Å²) >= 11 is 0. The van der Waals surface area contributed by atoms with E-state index in [1.165, 1.54) is 9.80 Å². The van der Waals surface area contributed by atoms with E-state index in [0.29, 0.717) is 0 Å². The van der Waals surface area contributed by atoms with Crippen LogP contribution in [0, 0.1) is 0 Å². The number of carboxylic acids is 1. The molecule has 0 spiro atoms. The molecule has 8 heteroatoms. The average molecular weight is 348 g/mol. The maximum absolute atomic E-state index is 12.6. The van der Waals surface area contributed by atoms with E-state index < -0.39 is 30.4 Å². The molecule has 2 saturated heterocycles. The lowest BCUT2D eigenvalue weighted by Gasteiger charge is -2.41. The lowest BCUT2D eigenvalue weighted by atomic mass is 10.1. The molecule has 0 radical (unpaired) electrons. The number of nitrogens with zero attached hydrogens (tertiary/aromatic N) is 2. The summed E-state index contributed by atoms with van der Waals surface area (Å²) in [6.07, 6.45) is -1.39. The minimum absolute atomic E-state index is 0.119. The quantitative estimate of drug-likeness (QED) is 0.874. The first kappa shape index (κ1) is 17.2. The van der Waals surface area contributed by atoms with Crippen LogP contribution in [0.5, 0.6) is 0 Å². The molecule has 2 aliphatic heterocycles. The first-order valence-electron chi connectivity index (χ1n) is 8.10. The highest BCUT2D eigenvalue weighted by Crippen LogP contribution is 2.27. The predicted molar refractivity (Wildman–Crippen MR) is 85.4 cm³/mol. The van der Waals surface area contributed by atoms with Gasteiger partial charge in [-0.1, -0.05) is 30.3 Å².